The lowest BCUT2D eigenvalue weighted by atomic mass is 10.3. The van der Waals surface area contributed by atoms with Gasteiger partial charge in [-0.05, 0) is 30.7 Å². The van der Waals surface area contributed by atoms with Gasteiger partial charge in [0.15, 0.2) is 5.78 Å². The zero-order valence-corrected chi connectivity index (χ0v) is 15.5. The Kier molecular flexibility index (Phi) is 6.96. The number of carbonyl (C=O) groups excluding carboxylic acids is 2. The van der Waals surface area contributed by atoms with Gasteiger partial charge in [0, 0.05) is 23.2 Å². The number of thioether (sulfide) groups is 1. The molecule has 0 saturated carbocycles. The molecule has 0 fully saturated rings. The molecule has 7 heteroatoms. The van der Waals surface area contributed by atoms with Crippen molar-refractivity contribution in [3.63, 3.8) is 0 Å². The van der Waals surface area contributed by atoms with Crippen molar-refractivity contribution in [1.82, 2.24) is 5.32 Å². The zero-order chi connectivity index (χ0) is 16.8. The molecule has 1 amide bonds. The van der Waals surface area contributed by atoms with Crippen LogP contribution in [0.2, 0.25) is 10.0 Å². The van der Waals surface area contributed by atoms with Gasteiger partial charge in [-0.25, -0.2) is 0 Å². The van der Waals surface area contributed by atoms with Gasteiger partial charge in [-0.1, -0.05) is 29.3 Å². The van der Waals surface area contributed by atoms with Gasteiger partial charge >= 0.3 is 0 Å². The quantitative estimate of drug-likeness (QED) is 0.552. The molecular formula is C16H15Cl2NO2S2. The average molecular weight is 388 g/mol. The van der Waals surface area contributed by atoms with Gasteiger partial charge in [-0.3, -0.25) is 9.59 Å². The van der Waals surface area contributed by atoms with Crippen LogP contribution in [-0.4, -0.2) is 24.0 Å². The molecule has 1 aromatic carbocycles. The number of rotatable bonds is 7. The predicted molar refractivity (Wildman–Crippen MR) is 98.2 cm³/mol. The zero-order valence-electron chi connectivity index (χ0n) is 12.4. The normalized spacial score (nSPS) is 10.6. The van der Waals surface area contributed by atoms with E-state index in [-0.39, 0.29) is 17.4 Å². The van der Waals surface area contributed by atoms with E-state index in [2.05, 4.69) is 5.32 Å². The first-order valence-electron chi connectivity index (χ1n) is 6.90. The molecule has 122 valence electrons. The van der Waals surface area contributed by atoms with Crippen molar-refractivity contribution in [2.45, 2.75) is 18.2 Å². The van der Waals surface area contributed by atoms with E-state index >= 15 is 0 Å². The Morgan fingerprint density at radius 1 is 1.17 bits per heavy atom. The molecule has 3 nitrogen and oxygen atoms in total. The van der Waals surface area contributed by atoms with Gasteiger partial charge in [-0.2, -0.15) is 0 Å². The fourth-order valence-corrected chi connectivity index (χ4v) is 4.46. The van der Waals surface area contributed by atoms with Crippen molar-refractivity contribution in [1.29, 1.82) is 0 Å². The molecule has 1 heterocycles. The Hall–Kier alpha value is -1.01. The summed E-state index contributed by atoms with van der Waals surface area (Å²) in [7, 11) is 0. The van der Waals surface area contributed by atoms with Gasteiger partial charge in [-0.15, -0.1) is 23.1 Å². The molecule has 0 saturated heterocycles. The van der Waals surface area contributed by atoms with E-state index < -0.39 is 0 Å². The number of benzene rings is 1. The van der Waals surface area contributed by atoms with Gasteiger partial charge in [0.25, 0.3) is 0 Å². The van der Waals surface area contributed by atoms with Crippen molar-refractivity contribution in [2.75, 3.05) is 12.3 Å². The Morgan fingerprint density at radius 3 is 2.52 bits per heavy atom. The fraction of sp³-hybridized carbons (Fsp3) is 0.250. The second kappa shape index (κ2) is 8.73. The summed E-state index contributed by atoms with van der Waals surface area (Å²) in [6.07, 6.45) is 0.723. The molecule has 0 bridgehead atoms. The van der Waals surface area contributed by atoms with E-state index in [9.17, 15) is 9.59 Å². The predicted octanol–water partition coefficient (Wildman–Crippen LogP) is 4.71. The number of thiophene rings is 1. The van der Waals surface area contributed by atoms with Crippen LogP contribution in [0.5, 0.6) is 0 Å². The van der Waals surface area contributed by atoms with Crippen LogP contribution in [0.15, 0.2) is 35.2 Å². The maximum absolute atomic E-state index is 12.3. The molecule has 0 radical (unpaired) electrons. The molecular weight excluding hydrogens is 373 g/mol. The van der Waals surface area contributed by atoms with Gasteiger partial charge in [0.1, 0.15) is 0 Å². The Morgan fingerprint density at radius 2 is 1.87 bits per heavy atom. The molecule has 0 unspecified atom stereocenters. The van der Waals surface area contributed by atoms with E-state index in [1.807, 2.05) is 12.1 Å². The van der Waals surface area contributed by atoms with E-state index in [1.54, 1.807) is 18.2 Å². The summed E-state index contributed by atoms with van der Waals surface area (Å²) < 4.78 is 0. The van der Waals surface area contributed by atoms with Crippen molar-refractivity contribution in [3.8, 4) is 0 Å². The monoisotopic (exact) mass is 387 g/mol. The SMILES string of the molecule is CC(=O)NCCc1ccc(C(=O)CSc2c(Cl)cccc2Cl)s1. The third-order valence-corrected chi connectivity index (χ3v) is 6.12. The lowest BCUT2D eigenvalue weighted by Crippen LogP contribution is -2.22. The summed E-state index contributed by atoms with van der Waals surface area (Å²) in [4.78, 5) is 25.6. The number of nitrogens with one attached hydrogen (secondary N) is 1. The molecule has 1 N–H and O–H groups in total. The molecule has 0 aliphatic carbocycles. The number of hydrogen-bond acceptors (Lipinski definition) is 4. The summed E-state index contributed by atoms with van der Waals surface area (Å²) in [5.74, 6) is 0.280. The van der Waals surface area contributed by atoms with Crippen LogP contribution in [-0.2, 0) is 11.2 Å². The van der Waals surface area contributed by atoms with Crippen LogP contribution >= 0.6 is 46.3 Å². The van der Waals surface area contributed by atoms with Crippen LogP contribution in [0, 0.1) is 0 Å². The minimum Gasteiger partial charge on any atom is -0.356 e. The topological polar surface area (TPSA) is 46.2 Å². The summed E-state index contributed by atoms with van der Waals surface area (Å²) in [6.45, 7) is 2.06. The molecule has 2 aromatic rings. The maximum Gasteiger partial charge on any atom is 0.216 e. The summed E-state index contributed by atoms with van der Waals surface area (Å²) in [5, 5.41) is 3.85. The molecule has 0 spiro atoms. The van der Waals surface area contributed by atoms with Crippen LogP contribution in [0.25, 0.3) is 0 Å². The van der Waals surface area contributed by atoms with Crippen LogP contribution in [0.4, 0.5) is 0 Å². The van der Waals surface area contributed by atoms with Gasteiger partial charge < -0.3 is 5.32 Å². The largest absolute Gasteiger partial charge is 0.356 e. The summed E-state index contributed by atoms with van der Waals surface area (Å²) in [6, 6.07) is 9.03. The third kappa shape index (κ3) is 5.53. The molecule has 1 aromatic heterocycles. The van der Waals surface area contributed by atoms with E-state index in [4.69, 9.17) is 23.2 Å². The molecule has 23 heavy (non-hydrogen) atoms. The minimum absolute atomic E-state index is 0.0433. The highest BCUT2D eigenvalue weighted by molar-refractivity contribution is 8.00. The van der Waals surface area contributed by atoms with Crippen molar-refractivity contribution < 1.29 is 9.59 Å². The van der Waals surface area contributed by atoms with Crippen LogP contribution in [0.1, 0.15) is 21.5 Å². The Balaban J connectivity index is 1.91. The van der Waals surface area contributed by atoms with Crippen molar-refractivity contribution >= 4 is 58.0 Å². The standard InChI is InChI=1S/C16H15Cl2NO2S2/c1-10(20)19-8-7-11-5-6-15(23-11)14(21)9-22-16-12(17)3-2-4-13(16)18/h2-6H,7-9H2,1H3,(H,19,20). The number of hydrogen-bond donors (Lipinski definition) is 1. The first-order chi connectivity index (χ1) is 11.0. The van der Waals surface area contributed by atoms with E-state index in [0.29, 0.717) is 21.5 Å². The van der Waals surface area contributed by atoms with Crippen molar-refractivity contribution in [3.05, 3.63) is 50.1 Å². The smallest absolute Gasteiger partial charge is 0.216 e. The number of carbonyl (C=O) groups is 2. The van der Waals surface area contributed by atoms with Gasteiger partial charge in [0.2, 0.25) is 5.91 Å². The maximum atomic E-state index is 12.3. The summed E-state index contributed by atoms with van der Waals surface area (Å²) >= 11 is 15.0. The van der Waals surface area contributed by atoms with Crippen LogP contribution in [0.3, 0.4) is 0 Å². The third-order valence-electron chi connectivity index (χ3n) is 2.95. The Labute approximate surface area is 153 Å². The molecule has 0 aliphatic rings. The summed E-state index contributed by atoms with van der Waals surface area (Å²) in [5.41, 5.74) is 0. The second-order valence-electron chi connectivity index (χ2n) is 4.76. The van der Waals surface area contributed by atoms with Crippen molar-refractivity contribution in [2.24, 2.45) is 0 Å². The number of ketones is 1. The molecule has 0 atom stereocenters. The first-order valence-corrected chi connectivity index (χ1v) is 9.46. The fourth-order valence-electron chi connectivity index (χ4n) is 1.85. The number of halogens is 2. The molecule has 2 rings (SSSR count). The molecule has 0 aliphatic heterocycles. The van der Waals surface area contributed by atoms with Crippen LogP contribution < -0.4 is 5.32 Å². The second-order valence-corrected chi connectivity index (χ2v) is 7.73. The highest BCUT2D eigenvalue weighted by Gasteiger charge is 2.13. The first kappa shape index (κ1) is 18.3. The average Bonchev–Trinajstić information content (AvgIpc) is 2.95. The lowest BCUT2D eigenvalue weighted by Gasteiger charge is -2.05. The number of Topliss-reactive ketones (excluding diaryl/α,β-unsaturated/α-hetero) is 1. The highest BCUT2D eigenvalue weighted by atomic mass is 35.5. The van der Waals surface area contributed by atoms with Gasteiger partial charge in [0.05, 0.1) is 20.7 Å². The Bertz CT molecular complexity index is 696. The highest BCUT2D eigenvalue weighted by Crippen LogP contribution is 2.34. The van der Waals surface area contributed by atoms with E-state index in [0.717, 1.165) is 16.2 Å². The number of amides is 1. The van der Waals surface area contributed by atoms with E-state index in [1.165, 1.54) is 30.0 Å². The minimum atomic E-state index is -0.0501. The lowest BCUT2D eigenvalue weighted by molar-refractivity contribution is -0.118.